The van der Waals surface area contributed by atoms with Crippen molar-refractivity contribution < 1.29 is 4.79 Å². The summed E-state index contributed by atoms with van der Waals surface area (Å²) in [6.07, 6.45) is 4.96. The summed E-state index contributed by atoms with van der Waals surface area (Å²) in [6, 6.07) is 1.90. The molecule has 0 aliphatic heterocycles. The average Bonchev–Trinajstić information content (AvgIpc) is 2.40. The monoisotopic (exact) mass is 181 g/mol. The fourth-order valence-electron chi connectivity index (χ4n) is 0.594. The minimum absolute atomic E-state index is 0.270. The largest absolute Gasteiger partial charge is 0.369 e. The van der Waals surface area contributed by atoms with Crippen molar-refractivity contribution in [1.29, 1.82) is 0 Å². The van der Waals surface area contributed by atoms with Crippen molar-refractivity contribution in [3.63, 3.8) is 0 Å². The van der Waals surface area contributed by atoms with Crippen LogP contribution in [-0.4, -0.2) is 5.91 Å². The van der Waals surface area contributed by atoms with Gasteiger partial charge >= 0.3 is 0 Å². The predicted molar refractivity (Wildman–Crippen MR) is 51.7 cm³/mol. The molecule has 0 fully saturated rings. The van der Waals surface area contributed by atoms with E-state index in [1.807, 2.05) is 16.8 Å². The Balaban J connectivity index is 0.000000354. The highest BCUT2D eigenvalue weighted by atomic mass is 32.1. The van der Waals surface area contributed by atoms with E-state index in [-0.39, 0.29) is 5.91 Å². The molecule has 1 rings (SSSR count). The molecule has 0 bridgehead atoms. The molecule has 0 saturated carbocycles. The van der Waals surface area contributed by atoms with Crippen LogP contribution in [0.25, 0.3) is 0 Å². The van der Waals surface area contributed by atoms with Crippen LogP contribution in [0, 0.1) is 12.3 Å². The van der Waals surface area contributed by atoms with Gasteiger partial charge in [-0.25, -0.2) is 0 Å². The summed E-state index contributed by atoms with van der Waals surface area (Å²) >= 11 is 1.57. The quantitative estimate of drug-likeness (QED) is 0.689. The molecule has 1 heterocycles. The second kappa shape index (κ2) is 6.44. The van der Waals surface area contributed by atoms with Crippen molar-refractivity contribution in [1.82, 2.24) is 0 Å². The fraction of sp³-hybridized carbons (Fsp3) is 0.222. The van der Waals surface area contributed by atoms with Gasteiger partial charge in [-0.1, -0.05) is 0 Å². The van der Waals surface area contributed by atoms with E-state index in [1.54, 1.807) is 18.3 Å². The number of amides is 1. The van der Waals surface area contributed by atoms with Crippen molar-refractivity contribution in [2.24, 2.45) is 5.73 Å². The first-order valence-electron chi connectivity index (χ1n) is 3.37. The maximum atomic E-state index is 10.3. The van der Waals surface area contributed by atoms with Gasteiger partial charge in [0.1, 0.15) is 0 Å². The molecule has 2 nitrogen and oxygen atoms in total. The molecule has 1 amide bonds. The molecule has 0 radical (unpaired) electrons. The highest BCUT2D eigenvalue weighted by Crippen LogP contribution is 2.05. The van der Waals surface area contributed by atoms with Crippen LogP contribution in [0.4, 0.5) is 0 Å². The van der Waals surface area contributed by atoms with Gasteiger partial charge in [-0.15, -0.1) is 12.3 Å². The molecule has 0 spiro atoms. The smallest absolute Gasteiger partial charge is 0.221 e. The average molecular weight is 181 g/mol. The van der Waals surface area contributed by atoms with E-state index in [2.05, 4.69) is 12.3 Å². The van der Waals surface area contributed by atoms with Crippen molar-refractivity contribution in [3.05, 3.63) is 22.4 Å². The van der Waals surface area contributed by atoms with E-state index < -0.39 is 0 Å². The van der Waals surface area contributed by atoms with Crippen LogP contribution in [-0.2, 0) is 11.2 Å². The number of terminal acetylenes is 1. The third-order valence-corrected chi connectivity index (χ3v) is 1.69. The molecular weight excluding hydrogens is 170 g/mol. The summed E-state index contributed by atoms with van der Waals surface area (Å²) in [6.45, 7) is 1.65. The SMILES string of the molecule is C#CC.NC(=O)Cc1ccsc1. The molecule has 0 aliphatic rings. The number of rotatable bonds is 2. The normalized spacial score (nSPS) is 7.67. The number of hydrogen-bond donors (Lipinski definition) is 1. The Hall–Kier alpha value is -1.27. The van der Waals surface area contributed by atoms with Crippen LogP contribution >= 0.6 is 11.3 Å². The summed E-state index contributed by atoms with van der Waals surface area (Å²) in [7, 11) is 0. The zero-order chi connectivity index (χ0) is 9.40. The lowest BCUT2D eigenvalue weighted by molar-refractivity contribution is -0.117. The number of thiophene rings is 1. The Labute approximate surface area is 76.4 Å². The zero-order valence-electron chi connectivity index (χ0n) is 6.91. The van der Waals surface area contributed by atoms with E-state index in [4.69, 9.17) is 5.73 Å². The number of carbonyl (C=O) groups excluding carboxylic acids is 1. The Morgan fingerprint density at radius 3 is 2.75 bits per heavy atom. The second-order valence-electron chi connectivity index (χ2n) is 2.06. The van der Waals surface area contributed by atoms with Crippen LogP contribution in [0.2, 0.25) is 0 Å². The second-order valence-corrected chi connectivity index (χ2v) is 2.84. The summed E-state index contributed by atoms with van der Waals surface area (Å²) in [5.41, 5.74) is 5.96. The van der Waals surface area contributed by atoms with Gasteiger partial charge in [-0.3, -0.25) is 4.79 Å². The van der Waals surface area contributed by atoms with Gasteiger partial charge in [0, 0.05) is 0 Å². The molecule has 12 heavy (non-hydrogen) atoms. The highest BCUT2D eigenvalue weighted by molar-refractivity contribution is 7.07. The molecule has 3 heteroatoms. The van der Waals surface area contributed by atoms with Gasteiger partial charge < -0.3 is 5.73 Å². The predicted octanol–water partition coefficient (Wildman–Crippen LogP) is 1.42. The van der Waals surface area contributed by atoms with E-state index in [1.165, 1.54) is 0 Å². The third-order valence-electron chi connectivity index (χ3n) is 0.958. The first-order chi connectivity index (χ1) is 5.70. The summed E-state index contributed by atoms with van der Waals surface area (Å²) in [4.78, 5) is 10.3. The molecule has 0 atom stereocenters. The van der Waals surface area contributed by atoms with Crippen LogP contribution < -0.4 is 5.73 Å². The number of hydrogen-bond acceptors (Lipinski definition) is 2. The minimum Gasteiger partial charge on any atom is -0.369 e. The number of primary amides is 1. The molecule has 1 aromatic heterocycles. The third kappa shape index (κ3) is 5.51. The van der Waals surface area contributed by atoms with Crippen molar-refractivity contribution in [2.45, 2.75) is 13.3 Å². The molecule has 0 aromatic carbocycles. The fourth-order valence-corrected chi connectivity index (χ4v) is 1.26. The zero-order valence-corrected chi connectivity index (χ0v) is 7.73. The van der Waals surface area contributed by atoms with E-state index in [0.717, 1.165) is 5.56 Å². The van der Waals surface area contributed by atoms with Crippen LogP contribution in [0.1, 0.15) is 12.5 Å². The Morgan fingerprint density at radius 1 is 1.83 bits per heavy atom. The minimum atomic E-state index is -0.270. The Kier molecular flexibility index (Phi) is 5.76. The molecule has 0 unspecified atom stereocenters. The van der Waals surface area contributed by atoms with E-state index in [0.29, 0.717) is 6.42 Å². The van der Waals surface area contributed by atoms with Crippen LogP contribution in [0.5, 0.6) is 0 Å². The van der Waals surface area contributed by atoms with Gasteiger partial charge in [-0.05, 0) is 29.3 Å². The molecular formula is C9H11NOS. The van der Waals surface area contributed by atoms with Crippen molar-refractivity contribution >= 4 is 17.2 Å². The number of carbonyl (C=O) groups is 1. The van der Waals surface area contributed by atoms with E-state index in [9.17, 15) is 4.79 Å². The first-order valence-corrected chi connectivity index (χ1v) is 4.31. The molecule has 1 aromatic rings. The standard InChI is InChI=1S/C6H7NOS.C3H4/c7-6(8)3-5-1-2-9-4-5;1-3-2/h1-2,4H,3H2,(H2,7,8);1H,2H3. The van der Waals surface area contributed by atoms with Gasteiger partial charge in [0.15, 0.2) is 0 Å². The Bertz CT molecular complexity index is 259. The Morgan fingerprint density at radius 2 is 2.42 bits per heavy atom. The van der Waals surface area contributed by atoms with Gasteiger partial charge in [0.2, 0.25) is 5.91 Å². The topological polar surface area (TPSA) is 43.1 Å². The van der Waals surface area contributed by atoms with Gasteiger partial charge in [-0.2, -0.15) is 11.3 Å². The molecule has 64 valence electrons. The van der Waals surface area contributed by atoms with E-state index >= 15 is 0 Å². The lowest BCUT2D eigenvalue weighted by Crippen LogP contribution is -2.12. The lowest BCUT2D eigenvalue weighted by Gasteiger charge is -1.86. The molecule has 2 N–H and O–H groups in total. The van der Waals surface area contributed by atoms with Crippen LogP contribution in [0.15, 0.2) is 16.8 Å². The van der Waals surface area contributed by atoms with Gasteiger partial charge in [0.05, 0.1) is 6.42 Å². The lowest BCUT2D eigenvalue weighted by atomic mass is 10.2. The number of nitrogens with two attached hydrogens (primary N) is 1. The maximum absolute atomic E-state index is 10.3. The van der Waals surface area contributed by atoms with Crippen LogP contribution in [0.3, 0.4) is 0 Å². The summed E-state index contributed by atoms with van der Waals surface area (Å²) in [5.74, 6) is 1.98. The first kappa shape index (κ1) is 10.7. The maximum Gasteiger partial charge on any atom is 0.221 e. The molecule has 0 aliphatic carbocycles. The highest BCUT2D eigenvalue weighted by Gasteiger charge is 1.95. The van der Waals surface area contributed by atoms with Crippen molar-refractivity contribution in [3.8, 4) is 12.3 Å². The summed E-state index contributed by atoms with van der Waals surface area (Å²) in [5, 5.41) is 3.85. The summed E-state index contributed by atoms with van der Waals surface area (Å²) < 4.78 is 0. The van der Waals surface area contributed by atoms with Crippen molar-refractivity contribution in [2.75, 3.05) is 0 Å². The molecule has 0 saturated heterocycles. The van der Waals surface area contributed by atoms with Gasteiger partial charge in [0.25, 0.3) is 0 Å².